The van der Waals surface area contributed by atoms with Crippen molar-refractivity contribution in [3.8, 4) is 0 Å². The number of amides is 4. The predicted octanol–water partition coefficient (Wildman–Crippen LogP) is 0.866. The minimum atomic E-state index is -0.459. The van der Waals surface area contributed by atoms with E-state index in [4.69, 9.17) is 5.73 Å². The normalized spacial score (nSPS) is 20.6. The van der Waals surface area contributed by atoms with Gasteiger partial charge in [-0.3, -0.25) is 14.6 Å². The highest BCUT2D eigenvalue weighted by Gasteiger charge is 2.31. The molecule has 152 valence electrons. The topological polar surface area (TPSA) is 99.8 Å². The molecule has 0 aliphatic carbocycles. The molecule has 2 aliphatic rings. The molecule has 2 N–H and O–H groups in total. The third kappa shape index (κ3) is 5.21. The minimum absolute atomic E-state index is 0.0793. The van der Waals surface area contributed by atoms with Crippen molar-refractivity contribution in [2.75, 3.05) is 39.3 Å². The van der Waals surface area contributed by atoms with E-state index in [-0.39, 0.29) is 17.7 Å². The Morgan fingerprint density at radius 1 is 1.04 bits per heavy atom. The molecular formula is C20H29N5O3. The summed E-state index contributed by atoms with van der Waals surface area (Å²) < 4.78 is 0. The van der Waals surface area contributed by atoms with E-state index < -0.39 is 6.03 Å². The van der Waals surface area contributed by atoms with E-state index in [1.165, 1.54) is 0 Å². The number of aryl methyl sites for hydroxylation is 1. The van der Waals surface area contributed by atoms with Crippen LogP contribution in [0.4, 0.5) is 4.79 Å². The van der Waals surface area contributed by atoms with Crippen molar-refractivity contribution in [2.24, 2.45) is 11.7 Å². The fraction of sp³-hybridized carbons (Fsp3) is 0.600. The van der Waals surface area contributed by atoms with Crippen molar-refractivity contribution in [1.82, 2.24) is 19.7 Å². The van der Waals surface area contributed by atoms with E-state index in [2.05, 4.69) is 4.98 Å². The molecule has 2 saturated heterocycles. The van der Waals surface area contributed by atoms with Crippen LogP contribution in [-0.4, -0.2) is 76.8 Å². The molecule has 4 amide bonds. The maximum atomic E-state index is 12.9. The third-order valence-electron chi connectivity index (χ3n) is 5.59. The van der Waals surface area contributed by atoms with Gasteiger partial charge in [0.25, 0.3) is 0 Å². The zero-order chi connectivity index (χ0) is 19.9. The highest BCUT2D eigenvalue weighted by Crippen LogP contribution is 2.20. The van der Waals surface area contributed by atoms with Crippen molar-refractivity contribution in [3.05, 3.63) is 30.1 Å². The molecule has 0 aromatic carbocycles. The average molecular weight is 387 g/mol. The van der Waals surface area contributed by atoms with Crippen LogP contribution in [0.2, 0.25) is 0 Å². The largest absolute Gasteiger partial charge is 0.351 e. The van der Waals surface area contributed by atoms with Gasteiger partial charge < -0.3 is 20.4 Å². The summed E-state index contributed by atoms with van der Waals surface area (Å²) in [6.45, 7) is 3.46. The van der Waals surface area contributed by atoms with Crippen molar-refractivity contribution < 1.29 is 14.4 Å². The summed E-state index contributed by atoms with van der Waals surface area (Å²) in [5.74, 6) is 0.0143. The number of nitrogens with two attached hydrogens (primary N) is 1. The Morgan fingerprint density at radius 3 is 2.54 bits per heavy atom. The minimum Gasteiger partial charge on any atom is -0.351 e. The SMILES string of the molecule is NC(=O)N1CCCC(C(=O)N2CCCN(C(=O)CCc3cccnc3)CC2)C1. The number of aromatic nitrogens is 1. The molecule has 0 bridgehead atoms. The number of urea groups is 1. The van der Waals surface area contributed by atoms with Gasteiger partial charge in [-0.05, 0) is 37.3 Å². The molecule has 0 radical (unpaired) electrons. The number of piperidine rings is 1. The van der Waals surface area contributed by atoms with Gasteiger partial charge in [-0.25, -0.2) is 4.79 Å². The Balaban J connectivity index is 1.49. The number of carbonyl (C=O) groups excluding carboxylic acids is 3. The molecule has 0 spiro atoms. The highest BCUT2D eigenvalue weighted by molar-refractivity contribution is 5.81. The Morgan fingerprint density at radius 2 is 1.79 bits per heavy atom. The van der Waals surface area contributed by atoms with E-state index in [1.54, 1.807) is 17.3 Å². The molecule has 2 fully saturated rings. The number of hydrogen-bond acceptors (Lipinski definition) is 4. The Bertz CT molecular complexity index is 696. The van der Waals surface area contributed by atoms with Gasteiger partial charge in [0.15, 0.2) is 0 Å². The van der Waals surface area contributed by atoms with Crippen LogP contribution in [0.1, 0.15) is 31.2 Å². The summed E-state index contributed by atoms with van der Waals surface area (Å²) >= 11 is 0. The summed E-state index contributed by atoms with van der Waals surface area (Å²) in [6.07, 6.45) is 7.00. The first-order valence-electron chi connectivity index (χ1n) is 10.0. The summed E-state index contributed by atoms with van der Waals surface area (Å²) in [5.41, 5.74) is 6.42. The number of likely N-dealkylation sites (tertiary alicyclic amines) is 1. The van der Waals surface area contributed by atoms with Gasteiger partial charge in [-0.1, -0.05) is 6.07 Å². The van der Waals surface area contributed by atoms with Crippen LogP contribution >= 0.6 is 0 Å². The Kier molecular flexibility index (Phi) is 6.84. The van der Waals surface area contributed by atoms with Crippen molar-refractivity contribution in [3.63, 3.8) is 0 Å². The first-order valence-corrected chi connectivity index (χ1v) is 10.0. The van der Waals surface area contributed by atoms with Crippen molar-refractivity contribution >= 4 is 17.8 Å². The quantitative estimate of drug-likeness (QED) is 0.828. The Labute approximate surface area is 165 Å². The van der Waals surface area contributed by atoms with Gasteiger partial charge in [-0.2, -0.15) is 0 Å². The van der Waals surface area contributed by atoms with E-state index in [1.807, 2.05) is 21.9 Å². The van der Waals surface area contributed by atoms with Crippen molar-refractivity contribution in [1.29, 1.82) is 0 Å². The van der Waals surface area contributed by atoms with Gasteiger partial charge in [0.2, 0.25) is 11.8 Å². The summed E-state index contributed by atoms with van der Waals surface area (Å²) in [4.78, 5) is 46.2. The maximum Gasteiger partial charge on any atom is 0.314 e. The van der Waals surface area contributed by atoms with Crippen LogP contribution in [0.3, 0.4) is 0 Å². The summed E-state index contributed by atoms with van der Waals surface area (Å²) in [5, 5.41) is 0. The van der Waals surface area contributed by atoms with Crippen LogP contribution in [0.25, 0.3) is 0 Å². The summed E-state index contributed by atoms with van der Waals surface area (Å²) in [7, 11) is 0. The molecule has 3 heterocycles. The van der Waals surface area contributed by atoms with Gasteiger partial charge in [-0.15, -0.1) is 0 Å². The average Bonchev–Trinajstić information content (AvgIpc) is 2.98. The monoisotopic (exact) mass is 387 g/mol. The van der Waals surface area contributed by atoms with Crippen LogP contribution in [0.5, 0.6) is 0 Å². The molecule has 1 aromatic rings. The molecule has 2 aliphatic heterocycles. The number of rotatable bonds is 4. The molecule has 8 heteroatoms. The second kappa shape index (κ2) is 9.52. The van der Waals surface area contributed by atoms with Gasteiger partial charge in [0.05, 0.1) is 5.92 Å². The lowest BCUT2D eigenvalue weighted by atomic mass is 9.96. The number of nitrogens with zero attached hydrogens (tertiary/aromatic N) is 4. The number of carbonyl (C=O) groups is 3. The molecule has 3 rings (SSSR count). The van der Waals surface area contributed by atoms with Gasteiger partial charge in [0.1, 0.15) is 0 Å². The van der Waals surface area contributed by atoms with Crippen LogP contribution in [0, 0.1) is 5.92 Å². The molecule has 28 heavy (non-hydrogen) atoms. The second-order valence-corrected chi connectivity index (χ2v) is 7.54. The summed E-state index contributed by atoms with van der Waals surface area (Å²) in [6, 6.07) is 3.39. The lowest BCUT2D eigenvalue weighted by molar-refractivity contribution is -0.137. The second-order valence-electron chi connectivity index (χ2n) is 7.54. The standard InChI is InChI=1S/C20H29N5O3/c21-20(28)25-9-2-5-17(15-25)19(27)24-11-3-10-23(12-13-24)18(26)7-6-16-4-1-8-22-14-16/h1,4,8,14,17H,2-3,5-7,9-13,15H2,(H2,21,28). The van der Waals surface area contributed by atoms with E-state index in [0.29, 0.717) is 52.1 Å². The third-order valence-corrected chi connectivity index (χ3v) is 5.59. The van der Waals surface area contributed by atoms with Crippen LogP contribution in [0.15, 0.2) is 24.5 Å². The van der Waals surface area contributed by atoms with Gasteiger partial charge in [0, 0.05) is 58.1 Å². The molecule has 1 aromatic heterocycles. The number of hydrogen-bond donors (Lipinski definition) is 1. The number of primary amides is 1. The Hall–Kier alpha value is -2.64. The number of pyridine rings is 1. The van der Waals surface area contributed by atoms with E-state index >= 15 is 0 Å². The van der Waals surface area contributed by atoms with Gasteiger partial charge >= 0.3 is 6.03 Å². The molecule has 8 nitrogen and oxygen atoms in total. The molecule has 1 atom stereocenters. The smallest absolute Gasteiger partial charge is 0.314 e. The molecular weight excluding hydrogens is 358 g/mol. The zero-order valence-corrected chi connectivity index (χ0v) is 16.3. The lowest BCUT2D eigenvalue weighted by Crippen LogP contribution is -2.49. The van der Waals surface area contributed by atoms with Crippen LogP contribution < -0.4 is 5.73 Å². The van der Waals surface area contributed by atoms with E-state index in [0.717, 1.165) is 24.8 Å². The fourth-order valence-corrected chi connectivity index (χ4v) is 3.98. The van der Waals surface area contributed by atoms with E-state index in [9.17, 15) is 14.4 Å². The molecule has 0 saturated carbocycles. The maximum absolute atomic E-state index is 12.9. The predicted molar refractivity (Wildman–Crippen MR) is 104 cm³/mol. The fourth-order valence-electron chi connectivity index (χ4n) is 3.98. The molecule has 1 unspecified atom stereocenters. The van der Waals surface area contributed by atoms with Crippen molar-refractivity contribution in [2.45, 2.75) is 32.1 Å². The van der Waals surface area contributed by atoms with Crippen LogP contribution in [-0.2, 0) is 16.0 Å². The highest BCUT2D eigenvalue weighted by atomic mass is 16.2. The first kappa shape index (κ1) is 20.1. The zero-order valence-electron chi connectivity index (χ0n) is 16.3. The first-order chi connectivity index (χ1) is 13.5. The lowest BCUT2D eigenvalue weighted by Gasteiger charge is -2.33.